The van der Waals surface area contributed by atoms with Gasteiger partial charge in [-0.1, -0.05) is 12.1 Å². The van der Waals surface area contributed by atoms with Gasteiger partial charge in [0, 0.05) is 0 Å². The monoisotopic (exact) mass is 254 g/mol. The average molecular weight is 254 g/mol. The number of hydrogen-bond acceptors (Lipinski definition) is 3. The number of alkyl halides is 2. The Balaban J connectivity index is 3.45. The van der Waals surface area contributed by atoms with E-state index < -0.39 is 31.8 Å². The van der Waals surface area contributed by atoms with Gasteiger partial charge < -0.3 is 5.11 Å². The van der Waals surface area contributed by atoms with Crippen molar-refractivity contribution in [3.8, 4) is 0 Å². The zero-order valence-electron chi connectivity index (χ0n) is 7.52. The minimum absolute atomic E-state index is 0.571. The van der Waals surface area contributed by atoms with E-state index in [0.29, 0.717) is 12.1 Å². The van der Waals surface area contributed by atoms with Gasteiger partial charge in [0.1, 0.15) is 10.7 Å². The molecular formula is C8H5F3O4S. The molecule has 0 heterocycles. The fourth-order valence-corrected chi connectivity index (χ4v) is 2.00. The van der Waals surface area contributed by atoms with E-state index in [1.165, 1.54) is 0 Å². The zero-order valence-corrected chi connectivity index (χ0v) is 8.34. The third kappa shape index (κ3) is 1.75. The third-order valence-corrected chi connectivity index (χ3v) is 3.47. The molecule has 0 saturated carbocycles. The number of aliphatic carboxylic acids is 1. The molecule has 0 saturated heterocycles. The molecule has 0 aromatic heterocycles. The Morgan fingerprint density at radius 3 is 2.19 bits per heavy atom. The maximum absolute atomic E-state index is 13.0. The molecule has 0 bridgehead atoms. The smallest absolute Gasteiger partial charge is 0.444 e. The SMILES string of the molecule is O=C(O)C(F)(F)S(=O)(=O)c1ccccc1F. The minimum Gasteiger partial charge on any atom is -0.476 e. The molecule has 1 N–H and O–H groups in total. The number of sulfone groups is 1. The van der Waals surface area contributed by atoms with Crippen LogP contribution in [0.3, 0.4) is 0 Å². The van der Waals surface area contributed by atoms with Crippen LogP contribution < -0.4 is 0 Å². The molecule has 0 aliphatic heterocycles. The van der Waals surface area contributed by atoms with Gasteiger partial charge in [-0.3, -0.25) is 0 Å². The quantitative estimate of drug-likeness (QED) is 0.881. The van der Waals surface area contributed by atoms with Gasteiger partial charge in [0.15, 0.2) is 0 Å². The van der Waals surface area contributed by atoms with Gasteiger partial charge in [-0.05, 0) is 12.1 Å². The maximum Gasteiger partial charge on any atom is 0.444 e. The van der Waals surface area contributed by atoms with Crippen molar-refractivity contribution >= 4 is 15.8 Å². The Labute approximate surface area is 88.2 Å². The molecule has 0 fully saturated rings. The lowest BCUT2D eigenvalue weighted by molar-refractivity contribution is -0.153. The van der Waals surface area contributed by atoms with Crippen LogP contribution in [0.4, 0.5) is 13.2 Å². The summed E-state index contributed by atoms with van der Waals surface area (Å²) in [4.78, 5) is 8.76. The largest absolute Gasteiger partial charge is 0.476 e. The first kappa shape index (κ1) is 12.5. The number of rotatable bonds is 3. The molecule has 0 spiro atoms. The van der Waals surface area contributed by atoms with Crippen LogP contribution in [0.25, 0.3) is 0 Å². The van der Waals surface area contributed by atoms with E-state index in [-0.39, 0.29) is 0 Å². The van der Waals surface area contributed by atoms with E-state index in [9.17, 15) is 26.4 Å². The first-order chi connectivity index (χ1) is 7.21. The van der Waals surface area contributed by atoms with Crippen molar-refractivity contribution in [3.05, 3.63) is 30.1 Å². The molecule has 1 aromatic rings. The highest BCUT2D eigenvalue weighted by Gasteiger charge is 2.54. The van der Waals surface area contributed by atoms with E-state index in [2.05, 4.69) is 0 Å². The average Bonchev–Trinajstić information content (AvgIpc) is 2.17. The Morgan fingerprint density at radius 2 is 1.75 bits per heavy atom. The predicted octanol–water partition coefficient (Wildman–Crippen LogP) is 1.28. The highest BCUT2D eigenvalue weighted by Crippen LogP contribution is 2.30. The van der Waals surface area contributed by atoms with E-state index in [1.807, 2.05) is 0 Å². The fourth-order valence-electron chi connectivity index (χ4n) is 0.916. The standard InChI is InChI=1S/C8H5F3O4S/c9-5-3-1-2-4-6(5)16(14,15)8(10,11)7(12)13/h1-4H,(H,12,13). The van der Waals surface area contributed by atoms with Crippen LogP contribution in [0.5, 0.6) is 0 Å². The number of carboxylic acid groups (broad SMARTS) is 1. The summed E-state index contributed by atoms with van der Waals surface area (Å²) in [5.41, 5.74) is 0. The van der Waals surface area contributed by atoms with Crippen molar-refractivity contribution in [1.29, 1.82) is 0 Å². The Hall–Kier alpha value is -1.57. The summed E-state index contributed by atoms with van der Waals surface area (Å²) in [6, 6.07) is 3.31. The first-order valence-electron chi connectivity index (χ1n) is 3.81. The Bertz CT molecular complexity index is 524. The summed E-state index contributed by atoms with van der Waals surface area (Å²) in [5.74, 6) is -4.28. The molecular weight excluding hydrogens is 249 g/mol. The van der Waals surface area contributed by atoms with Crippen LogP contribution in [0.2, 0.25) is 0 Å². The second-order valence-corrected chi connectivity index (χ2v) is 4.72. The van der Waals surface area contributed by atoms with Gasteiger partial charge in [0.05, 0.1) is 0 Å². The third-order valence-electron chi connectivity index (χ3n) is 1.71. The number of carbonyl (C=O) groups is 1. The second kappa shape index (κ2) is 3.78. The molecule has 0 aliphatic rings. The van der Waals surface area contributed by atoms with E-state index in [0.717, 1.165) is 12.1 Å². The maximum atomic E-state index is 13.0. The van der Waals surface area contributed by atoms with Crippen LogP contribution in [0, 0.1) is 5.82 Å². The fraction of sp³-hybridized carbons (Fsp3) is 0.125. The van der Waals surface area contributed by atoms with Gasteiger partial charge in [0.2, 0.25) is 0 Å². The molecule has 1 aromatic carbocycles. The van der Waals surface area contributed by atoms with Gasteiger partial charge in [0.25, 0.3) is 9.84 Å². The summed E-state index contributed by atoms with van der Waals surface area (Å²) in [5, 5.41) is 3.02. The normalized spacial score (nSPS) is 12.4. The van der Waals surface area contributed by atoms with Gasteiger partial charge in [-0.25, -0.2) is 17.6 Å². The lowest BCUT2D eigenvalue weighted by atomic mass is 10.3. The van der Waals surface area contributed by atoms with Crippen molar-refractivity contribution in [1.82, 2.24) is 0 Å². The molecule has 0 unspecified atom stereocenters. The van der Waals surface area contributed by atoms with Crippen molar-refractivity contribution in [2.75, 3.05) is 0 Å². The number of carboxylic acids is 1. The molecule has 0 radical (unpaired) electrons. The number of halogens is 3. The summed E-state index contributed by atoms with van der Waals surface area (Å²) >= 11 is 0. The zero-order chi connectivity index (χ0) is 12.6. The first-order valence-corrected chi connectivity index (χ1v) is 5.30. The summed E-state index contributed by atoms with van der Waals surface area (Å²) in [6.07, 6.45) is 0. The minimum atomic E-state index is -5.58. The van der Waals surface area contributed by atoms with Crippen LogP contribution in [-0.4, -0.2) is 24.7 Å². The lowest BCUT2D eigenvalue weighted by Crippen LogP contribution is -2.38. The highest BCUT2D eigenvalue weighted by molar-refractivity contribution is 7.93. The Morgan fingerprint density at radius 1 is 1.25 bits per heavy atom. The van der Waals surface area contributed by atoms with Crippen molar-refractivity contribution in [3.63, 3.8) is 0 Å². The van der Waals surface area contributed by atoms with Crippen LogP contribution in [-0.2, 0) is 14.6 Å². The van der Waals surface area contributed by atoms with Crippen LogP contribution >= 0.6 is 0 Å². The molecule has 8 heteroatoms. The topological polar surface area (TPSA) is 71.4 Å². The van der Waals surface area contributed by atoms with Gasteiger partial charge >= 0.3 is 11.2 Å². The molecule has 1 rings (SSSR count). The van der Waals surface area contributed by atoms with Gasteiger partial charge in [-0.2, -0.15) is 8.78 Å². The predicted molar refractivity (Wildman–Crippen MR) is 46.2 cm³/mol. The van der Waals surface area contributed by atoms with Crippen molar-refractivity contribution in [2.24, 2.45) is 0 Å². The molecule has 0 amide bonds. The van der Waals surface area contributed by atoms with Crippen LogP contribution in [0.15, 0.2) is 29.2 Å². The van der Waals surface area contributed by atoms with Gasteiger partial charge in [-0.15, -0.1) is 0 Å². The second-order valence-electron chi connectivity index (χ2n) is 2.76. The molecule has 16 heavy (non-hydrogen) atoms. The number of benzene rings is 1. The highest BCUT2D eigenvalue weighted by atomic mass is 32.2. The molecule has 0 aliphatic carbocycles. The summed E-state index contributed by atoms with van der Waals surface area (Å²) in [6.45, 7) is 0. The van der Waals surface area contributed by atoms with Crippen molar-refractivity contribution in [2.45, 2.75) is 10.2 Å². The molecule has 0 atom stereocenters. The van der Waals surface area contributed by atoms with E-state index in [1.54, 1.807) is 0 Å². The molecule has 4 nitrogen and oxygen atoms in total. The number of hydrogen-bond donors (Lipinski definition) is 1. The molecule has 88 valence electrons. The van der Waals surface area contributed by atoms with E-state index >= 15 is 0 Å². The van der Waals surface area contributed by atoms with E-state index in [4.69, 9.17) is 5.11 Å². The lowest BCUT2D eigenvalue weighted by Gasteiger charge is -2.12. The summed E-state index contributed by atoms with van der Waals surface area (Å²) < 4.78 is 60.9. The van der Waals surface area contributed by atoms with Crippen molar-refractivity contribution < 1.29 is 31.5 Å². The summed E-state index contributed by atoms with van der Waals surface area (Å²) in [7, 11) is -5.58. The Kier molecular flexibility index (Phi) is 2.95. The van der Waals surface area contributed by atoms with Crippen LogP contribution in [0.1, 0.15) is 0 Å².